The van der Waals surface area contributed by atoms with Crippen LogP contribution in [0.1, 0.15) is 5.56 Å². The molecule has 4 nitrogen and oxygen atoms in total. The Labute approximate surface area is 96.1 Å². The van der Waals surface area contributed by atoms with Gasteiger partial charge in [0.05, 0.1) is 6.61 Å². The molecule has 3 N–H and O–H groups in total. The number of rotatable bonds is 3. The second-order valence-corrected chi connectivity index (χ2v) is 4.30. The summed E-state index contributed by atoms with van der Waals surface area (Å²) in [5.41, 5.74) is 6.69. The van der Waals surface area contributed by atoms with Crippen molar-refractivity contribution in [2.45, 2.75) is 12.5 Å². The largest absolute Gasteiger partial charge is 0.454 e. The van der Waals surface area contributed by atoms with E-state index in [0.717, 1.165) is 21.5 Å². The van der Waals surface area contributed by atoms with Crippen LogP contribution < -0.4 is 15.2 Å². The van der Waals surface area contributed by atoms with Gasteiger partial charge in [-0.15, -0.1) is 0 Å². The Morgan fingerprint density at radius 2 is 2.07 bits per heavy atom. The van der Waals surface area contributed by atoms with E-state index in [9.17, 15) is 0 Å². The SMILES string of the molecule is NC(CO)Cc1cc2c(cc1Br)OCO2. The van der Waals surface area contributed by atoms with Crippen LogP contribution >= 0.6 is 15.9 Å². The van der Waals surface area contributed by atoms with Crippen LogP contribution in [0.2, 0.25) is 0 Å². The number of hydrogen-bond acceptors (Lipinski definition) is 4. The Balaban J connectivity index is 2.24. The van der Waals surface area contributed by atoms with Gasteiger partial charge in [-0.25, -0.2) is 0 Å². The second kappa shape index (κ2) is 4.38. The molecule has 1 unspecified atom stereocenters. The van der Waals surface area contributed by atoms with E-state index < -0.39 is 0 Å². The highest BCUT2D eigenvalue weighted by Gasteiger charge is 2.17. The van der Waals surface area contributed by atoms with Crippen LogP contribution in [0.4, 0.5) is 0 Å². The summed E-state index contributed by atoms with van der Waals surface area (Å²) in [6, 6.07) is 3.51. The number of benzene rings is 1. The van der Waals surface area contributed by atoms with E-state index >= 15 is 0 Å². The summed E-state index contributed by atoms with van der Waals surface area (Å²) in [5.74, 6) is 1.47. The van der Waals surface area contributed by atoms with Crippen molar-refractivity contribution in [3.63, 3.8) is 0 Å². The molecular weight excluding hydrogens is 262 g/mol. The molecule has 1 aromatic rings. The van der Waals surface area contributed by atoms with Crippen molar-refractivity contribution in [1.29, 1.82) is 0 Å². The van der Waals surface area contributed by atoms with Crippen molar-refractivity contribution in [3.05, 3.63) is 22.2 Å². The molecule has 2 rings (SSSR count). The zero-order chi connectivity index (χ0) is 10.8. The van der Waals surface area contributed by atoms with Crippen molar-refractivity contribution in [2.24, 2.45) is 5.73 Å². The number of aliphatic hydroxyl groups is 1. The Morgan fingerprint density at radius 3 is 2.73 bits per heavy atom. The fourth-order valence-electron chi connectivity index (χ4n) is 1.46. The summed E-state index contributed by atoms with van der Waals surface area (Å²) in [5, 5.41) is 8.88. The van der Waals surface area contributed by atoms with E-state index in [2.05, 4.69) is 15.9 Å². The summed E-state index contributed by atoms with van der Waals surface area (Å²) in [6.45, 7) is 0.234. The molecule has 1 aliphatic rings. The Bertz CT molecular complexity index is 370. The number of fused-ring (bicyclic) bond motifs is 1. The standard InChI is InChI=1S/C10H12BrNO3/c11-8-3-10-9(14-5-15-10)2-6(8)1-7(12)4-13/h2-3,7,13H,1,4-5,12H2. The highest BCUT2D eigenvalue weighted by Crippen LogP contribution is 2.37. The molecular formula is C10H12BrNO3. The number of hydrogen-bond donors (Lipinski definition) is 2. The van der Waals surface area contributed by atoms with Gasteiger partial charge in [0.2, 0.25) is 6.79 Å². The fraction of sp³-hybridized carbons (Fsp3) is 0.400. The van der Waals surface area contributed by atoms with Crippen molar-refractivity contribution in [2.75, 3.05) is 13.4 Å². The molecule has 1 atom stereocenters. The van der Waals surface area contributed by atoms with Gasteiger partial charge >= 0.3 is 0 Å². The van der Waals surface area contributed by atoms with Crippen LogP contribution in [0.5, 0.6) is 11.5 Å². The van der Waals surface area contributed by atoms with Gasteiger partial charge in [0, 0.05) is 10.5 Å². The van der Waals surface area contributed by atoms with Crippen LogP contribution in [-0.2, 0) is 6.42 Å². The van der Waals surface area contributed by atoms with Crippen LogP contribution in [0.3, 0.4) is 0 Å². The van der Waals surface area contributed by atoms with Gasteiger partial charge in [-0.3, -0.25) is 0 Å². The first-order valence-electron chi connectivity index (χ1n) is 4.65. The predicted molar refractivity (Wildman–Crippen MR) is 59.0 cm³/mol. The molecule has 82 valence electrons. The zero-order valence-electron chi connectivity index (χ0n) is 8.07. The lowest BCUT2D eigenvalue weighted by molar-refractivity contribution is 0.174. The second-order valence-electron chi connectivity index (χ2n) is 3.44. The normalized spacial score (nSPS) is 15.4. The molecule has 15 heavy (non-hydrogen) atoms. The smallest absolute Gasteiger partial charge is 0.231 e. The molecule has 0 bridgehead atoms. The summed E-state index contributed by atoms with van der Waals surface area (Å²) >= 11 is 3.43. The monoisotopic (exact) mass is 273 g/mol. The average molecular weight is 274 g/mol. The van der Waals surface area contributed by atoms with Crippen molar-refractivity contribution in [3.8, 4) is 11.5 Å². The highest BCUT2D eigenvalue weighted by atomic mass is 79.9. The maximum atomic E-state index is 8.88. The Kier molecular flexibility index (Phi) is 3.14. The van der Waals surface area contributed by atoms with E-state index in [4.69, 9.17) is 20.3 Å². The lowest BCUT2D eigenvalue weighted by atomic mass is 10.1. The third kappa shape index (κ3) is 2.25. The van der Waals surface area contributed by atoms with E-state index in [0.29, 0.717) is 6.42 Å². The van der Waals surface area contributed by atoms with Crippen LogP contribution in [0.25, 0.3) is 0 Å². The van der Waals surface area contributed by atoms with Crippen molar-refractivity contribution < 1.29 is 14.6 Å². The number of ether oxygens (including phenoxy) is 2. The highest BCUT2D eigenvalue weighted by molar-refractivity contribution is 9.10. The molecule has 0 fully saturated rings. The van der Waals surface area contributed by atoms with E-state index in [1.165, 1.54) is 0 Å². The number of halogens is 1. The molecule has 1 heterocycles. The van der Waals surface area contributed by atoms with E-state index in [1.54, 1.807) is 0 Å². The molecule has 1 aromatic carbocycles. The fourth-order valence-corrected chi connectivity index (χ4v) is 1.95. The number of aliphatic hydroxyl groups excluding tert-OH is 1. The van der Waals surface area contributed by atoms with Crippen molar-refractivity contribution in [1.82, 2.24) is 0 Å². The Hall–Kier alpha value is -0.780. The topological polar surface area (TPSA) is 64.7 Å². The van der Waals surface area contributed by atoms with Gasteiger partial charge in [0.25, 0.3) is 0 Å². The molecule has 0 saturated carbocycles. The predicted octanol–water partition coefficient (Wildman–Crippen LogP) is 1.04. The van der Waals surface area contributed by atoms with E-state index in [1.807, 2.05) is 12.1 Å². The maximum Gasteiger partial charge on any atom is 0.231 e. The van der Waals surface area contributed by atoms with Gasteiger partial charge in [-0.05, 0) is 24.1 Å². The lowest BCUT2D eigenvalue weighted by Crippen LogP contribution is -2.26. The van der Waals surface area contributed by atoms with Gasteiger partial charge in [0.15, 0.2) is 11.5 Å². The maximum absolute atomic E-state index is 8.88. The summed E-state index contributed by atoms with van der Waals surface area (Å²) in [4.78, 5) is 0. The quantitative estimate of drug-likeness (QED) is 0.864. The minimum Gasteiger partial charge on any atom is -0.454 e. The molecule has 0 saturated heterocycles. The third-order valence-corrected chi connectivity index (χ3v) is 3.00. The molecule has 1 aliphatic heterocycles. The molecule has 0 amide bonds. The molecule has 0 aromatic heterocycles. The van der Waals surface area contributed by atoms with Crippen LogP contribution in [0.15, 0.2) is 16.6 Å². The zero-order valence-corrected chi connectivity index (χ0v) is 9.66. The first-order valence-corrected chi connectivity index (χ1v) is 5.44. The minimum atomic E-state index is -0.248. The van der Waals surface area contributed by atoms with Crippen LogP contribution in [-0.4, -0.2) is 24.5 Å². The summed E-state index contributed by atoms with van der Waals surface area (Å²) < 4.78 is 11.4. The van der Waals surface area contributed by atoms with Gasteiger partial charge < -0.3 is 20.3 Å². The van der Waals surface area contributed by atoms with Gasteiger partial charge in [0.1, 0.15) is 0 Å². The lowest BCUT2D eigenvalue weighted by Gasteiger charge is -2.10. The molecule has 0 spiro atoms. The first kappa shape index (κ1) is 10.7. The summed E-state index contributed by atoms with van der Waals surface area (Å²) in [7, 11) is 0. The molecule has 0 aliphatic carbocycles. The van der Waals surface area contributed by atoms with Crippen molar-refractivity contribution >= 4 is 15.9 Å². The Morgan fingerprint density at radius 1 is 1.40 bits per heavy atom. The molecule has 0 radical (unpaired) electrons. The molecule has 5 heteroatoms. The van der Waals surface area contributed by atoms with Crippen LogP contribution in [0, 0.1) is 0 Å². The third-order valence-electron chi connectivity index (χ3n) is 2.26. The number of nitrogens with two attached hydrogens (primary N) is 1. The van der Waals surface area contributed by atoms with E-state index in [-0.39, 0.29) is 19.4 Å². The summed E-state index contributed by atoms with van der Waals surface area (Å²) in [6.07, 6.45) is 0.605. The minimum absolute atomic E-state index is 0.0269. The van der Waals surface area contributed by atoms with Gasteiger partial charge in [-0.2, -0.15) is 0 Å². The van der Waals surface area contributed by atoms with Gasteiger partial charge in [-0.1, -0.05) is 15.9 Å². The average Bonchev–Trinajstić information content (AvgIpc) is 2.65. The first-order chi connectivity index (χ1) is 7.20.